The molecule has 1 aromatic heterocycles. The molecule has 3 rings (SSSR count). The highest BCUT2D eigenvalue weighted by Gasteiger charge is 2.33. The molecule has 1 saturated heterocycles. The summed E-state index contributed by atoms with van der Waals surface area (Å²) in [5, 5.41) is 13.5. The number of carbonyl (C=O) groups excluding carboxylic acids is 1. The van der Waals surface area contributed by atoms with Crippen LogP contribution in [0.1, 0.15) is 15.9 Å². The van der Waals surface area contributed by atoms with E-state index in [1.807, 2.05) is 31.2 Å². The Bertz CT molecular complexity index is 740. The smallest absolute Gasteiger partial charge is 0.328 e. The Morgan fingerprint density at radius 3 is 2.87 bits per heavy atom. The Balaban J connectivity index is 1.86. The van der Waals surface area contributed by atoms with Crippen LogP contribution in [0.4, 0.5) is 0 Å². The average molecular weight is 315 g/mol. The van der Waals surface area contributed by atoms with E-state index in [1.165, 1.54) is 11.1 Å². The lowest BCUT2D eigenvalue weighted by Gasteiger charge is -2.32. The number of morpholine rings is 1. The van der Waals surface area contributed by atoms with E-state index in [-0.39, 0.29) is 19.1 Å². The third kappa shape index (κ3) is 2.95. The van der Waals surface area contributed by atoms with Crippen molar-refractivity contribution in [3.63, 3.8) is 0 Å². The fraction of sp³-hybridized carbons (Fsp3) is 0.312. The average Bonchev–Trinajstić information content (AvgIpc) is 3.04. The van der Waals surface area contributed by atoms with Gasteiger partial charge in [0.1, 0.15) is 0 Å². The largest absolute Gasteiger partial charge is 0.480 e. The van der Waals surface area contributed by atoms with Gasteiger partial charge in [-0.3, -0.25) is 4.79 Å². The number of carboxylic acids is 1. The summed E-state index contributed by atoms with van der Waals surface area (Å²) in [4.78, 5) is 25.2. The predicted molar refractivity (Wildman–Crippen MR) is 81.6 cm³/mol. The van der Waals surface area contributed by atoms with Gasteiger partial charge in [-0.25, -0.2) is 9.48 Å². The Morgan fingerprint density at radius 2 is 2.13 bits per heavy atom. The normalized spacial score (nSPS) is 18.0. The summed E-state index contributed by atoms with van der Waals surface area (Å²) in [6.07, 6.45) is 3.09. The fourth-order valence-electron chi connectivity index (χ4n) is 2.60. The van der Waals surface area contributed by atoms with Crippen molar-refractivity contribution < 1.29 is 19.4 Å². The highest BCUT2D eigenvalue weighted by molar-refractivity contribution is 5.96. The van der Waals surface area contributed by atoms with Crippen molar-refractivity contribution in [2.75, 3.05) is 19.8 Å². The third-order valence-electron chi connectivity index (χ3n) is 3.87. The summed E-state index contributed by atoms with van der Waals surface area (Å²) >= 11 is 0. The van der Waals surface area contributed by atoms with Crippen molar-refractivity contribution in [3.05, 3.63) is 47.8 Å². The number of para-hydroxylation sites is 1. The molecule has 2 aromatic rings. The number of aromatic nitrogens is 2. The monoisotopic (exact) mass is 315 g/mol. The van der Waals surface area contributed by atoms with Crippen LogP contribution in [-0.4, -0.2) is 57.5 Å². The first kappa shape index (κ1) is 15.2. The van der Waals surface area contributed by atoms with Gasteiger partial charge in [-0.15, -0.1) is 0 Å². The molecule has 1 amide bonds. The van der Waals surface area contributed by atoms with E-state index in [0.717, 1.165) is 11.3 Å². The number of rotatable bonds is 3. The van der Waals surface area contributed by atoms with E-state index in [1.54, 1.807) is 10.9 Å². The first-order valence-corrected chi connectivity index (χ1v) is 7.30. The molecule has 1 fully saturated rings. The first-order valence-electron chi connectivity index (χ1n) is 7.30. The summed E-state index contributed by atoms with van der Waals surface area (Å²) in [7, 11) is 0. The molecule has 7 nitrogen and oxygen atoms in total. The number of hydrogen-bond acceptors (Lipinski definition) is 4. The van der Waals surface area contributed by atoms with E-state index < -0.39 is 12.0 Å². The van der Waals surface area contributed by atoms with Gasteiger partial charge in [0, 0.05) is 12.7 Å². The number of amides is 1. The molecule has 2 heterocycles. The lowest BCUT2D eigenvalue weighted by molar-refractivity contribution is -0.147. The van der Waals surface area contributed by atoms with Gasteiger partial charge in [-0.2, -0.15) is 5.10 Å². The number of carboxylic acid groups (broad SMARTS) is 1. The molecule has 0 unspecified atom stereocenters. The zero-order valence-corrected chi connectivity index (χ0v) is 12.7. The molecule has 1 N–H and O–H groups in total. The van der Waals surface area contributed by atoms with Gasteiger partial charge in [-0.1, -0.05) is 18.2 Å². The van der Waals surface area contributed by atoms with E-state index >= 15 is 0 Å². The van der Waals surface area contributed by atoms with Crippen LogP contribution in [0.2, 0.25) is 0 Å². The van der Waals surface area contributed by atoms with Crippen molar-refractivity contribution in [1.82, 2.24) is 14.7 Å². The van der Waals surface area contributed by atoms with Gasteiger partial charge < -0.3 is 14.7 Å². The van der Waals surface area contributed by atoms with Crippen molar-refractivity contribution in [2.45, 2.75) is 13.0 Å². The maximum Gasteiger partial charge on any atom is 0.328 e. The summed E-state index contributed by atoms with van der Waals surface area (Å²) < 4.78 is 6.78. The maximum atomic E-state index is 12.6. The topological polar surface area (TPSA) is 84.7 Å². The minimum Gasteiger partial charge on any atom is -0.480 e. The standard InChI is InChI=1S/C16H17N3O4/c1-11-4-2-3-5-13(11)19-9-12(8-17-19)15(20)18-6-7-23-10-14(18)16(21)22/h2-5,8-9,14H,6-7,10H2,1H3,(H,21,22)/t14-/m0/s1. The molecular weight excluding hydrogens is 298 g/mol. The number of carbonyl (C=O) groups is 2. The Labute approximate surface area is 133 Å². The van der Waals surface area contributed by atoms with Gasteiger partial charge in [0.25, 0.3) is 5.91 Å². The molecule has 1 aliphatic heterocycles. The molecule has 0 bridgehead atoms. The molecule has 23 heavy (non-hydrogen) atoms. The van der Waals surface area contributed by atoms with Crippen LogP contribution >= 0.6 is 0 Å². The first-order chi connectivity index (χ1) is 11.1. The third-order valence-corrected chi connectivity index (χ3v) is 3.87. The number of benzene rings is 1. The molecule has 1 aliphatic rings. The van der Waals surface area contributed by atoms with Gasteiger partial charge >= 0.3 is 5.97 Å². The zero-order valence-electron chi connectivity index (χ0n) is 12.7. The minimum absolute atomic E-state index is 0.00695. The second-order valence-corrected chi connectivity index (χ2v) is 5.39. The van der Waals surface area contributed by atoms with E-state index in [4.69, 9.17) is 4.74 Å². The van der Waals surface area contributed by atoms with Gasteiger partial charge in [0.15, 0.2) is 6.04 Å². The number of aliphatic carboxylic acids is 1. The Kier molecular flexibility index (Phi) is 4.12. The van der Waals surface area contributed by atoms with Gasteiger partial charge in [-0.05, 0) is 18.6 Å². The van der Waals surface area contributed by atoms with Crippen molar-refractivity contribution in [2.24, 2.45) is 0 Å². The zero-order chi connectivity index (χ0) is 16.4. The molecule has 0 radical (unpaired) electrons. The van der Waals surface area contributed by atoms with Crippen molar-refractivity contribution in [1.29, 1.82) is 0 Å². The van der Waals surface area contributed by atoms with Crippen LogP contribution in [0, 0.1) is 6.92 Å². The second kappa shape index (κ2) is 6.21. The molecular formula is C16H17N3O4. The number of nitrogens with zero attached hydrogens (tertiary/aromatic N) is 3. The Hall–Kier alpha value is -2.67. The van der Waals surface area contributed by atoms with Crippen LogP contribution in [0.15, 0.2) is 36.7 Å². The minimum atomic E-state index is -1.07. The molecule has 0 saturated carbocycles. The molecule has 0 aliphatic carbocycles. The number of ether oxygens (including phenoxy) is 1. The van der Waals surface area contributed by atoms with Crippen LogP contribution < -0.4 is 0 Å². The van der Waals surface area contributed by atoms with Gasteiger partial charge in [0.2, 0.25) is 0 Å². The van der Waals surface area contributed by atoms with E-state index in [9.17, 15) is 14.7 Å². The molecule has 7 heteroatoms. The second-order valence-electron chi connectivity index (χ2n) is 5.39. The number of aryl methyl sites for hydroxylation is 1. The summed E-state index contributed by atoms with van der Waals surface area (Å²) in [6, 6.07) is 6.73. The van der Waals surface area contributed by atoms with Crippen LogP contribution in [0.3, 0.4) is 0 Å². The highest BCUT2D eigenvalue weighted by atomic mass is 16.5. The number of hydrogen-bond donors (Lipinski definition) is 1. The molecule has 120 valence electrons. The van der Waals surface area contributed by atoms with Crippen molar-refractivity contribution in [3.8, 4) is 5.69 Å². The lowest BCUT2D eigenvalue weighted by Crippen LogP contribution is -2.52. The lowest BCUT2D eigenvalue weighted by atomic mass is 10.2. The quantitative estimate of drug-likeness (QED) is 0.917. The molecule has 1 atom stereocenters. The summed E-state index contributed by atoms with van der Waals surface area (Å²) in [5.41, 5.74) is 2.27. The van der Waals surface area contributed by atoms with Crippen molar-refractivity contribution >= 4 is 11.9 Å². The van der Waals surface area contributed by atoms with Gasteiger partial charge in [0.05, 0.1) is 30.7 Å². The maximum absolute atomic E-state index is 12.6. The fourth-order valence-corrected chi connectivity index (χ4v) is 2.60. The Morgan fingerprint density at radius 1 is 1.35 bits per heavy atom. The molecule has 0 spiro atoms. The summed E-state index contributed by atoms with van der Waals surface area (Å²) in [6.45, 7) is 2.56. The van der Waals surface area contributed by atoms with E-state index in [0.29, 0.717) is 12.2 Å². The van der Waals surface area contributed by atoms with Crippen LogP contribution in [0.5, 0.6) is 0 Å². The molecule has 1 aromatic carbocycles. The highest BCUT2D eigenvalue weighted by Crippen LogP contribution is 2.16. The van der Waals surface area contributed by atoms with Crippen LogP contribution in [0.25, 0.3) is 5.69 Å². The summed E-state index contributed by atoms with van der Waals surface area (Å²) in [5.74, 6) is -1.41. The predicted octanol–water partition coefficient (Wildman–Crippen LogP) is 1.11. The SMILES string of the molecule is Cc1ccccc1-n1cc(C(=O)N2CCOC[C@H]2C(=O)O)cn1. The van der Waals surface area contributed by atoms with Crippen LogP contribution in [-0.2, 0) is 9.53 Å². The van der Waals surface area contributed by atoms with E-state index in [2.05, 4.69) is 5.10 Å².